The van der Waals surface area contributed by atoms with Gasteiger partial charge in [-0.15, -0.1) is 0 Å². The normalized spacial score (nSPS) is 12.6. The molecule has 0 heterocycles. The van der Waals surface area contributed by atoms with Gasteiger partial charge >= 0.3 is 0 Å². The van der Waals surface area contributed by atoms with E-state index in [1.165, 1.54) is 29.3 Å². The molecule has 0 aliphatic heterocycles. The number of fused-ring (bicyclic) bond motifs is 1. The molecule has 0 bridgehead atoms. The van der Waals surface area contributed by atoms with E-state index in [4.69, 9.17) is 0 Å². The van der Waals surface area contributed by atoms with Crippen LogP contribution >= 0.6 is 0 Å². The van der Waals surface area contributed by atoms with Crippen LogP contribution in [0.5, 0.6) is 0 Å². The summed E-state index contributed by atoms with van der Waals surface area (Å²) in [5, 5.41) is 6.20. The molecular formula is C16H21N. The Bertz CT molecular complexity index is 470. The van der Waals surface area contributed by atoms with Gasteiger partial charge in [0, 0.05) is 17.6 Å². The minimum Gasteiger partial charge on any atom is -0.384 e. The molecule has 0 aromatic heterocycles. The molecule has 90 valence electrons. The van der Waals surface area contributed by atoms with Crippen molar-refractivity contribution in [1.82, 2.24) is 0 Å². The Labute approximate surface area is 104 Å². The van der Waals surface area contributed by atoms with Crippen LogP contribution in [0.2, 0.25) is 0 Å². The maximum absolute atomic E-state index is 3.57. The second kappa shape index (κ2) is 5.72. The van der Waals surface area contributed by atoms with Gasteiger partial charge in [0.1, 0.15) is 0 Å². The lowest BCUT2D eigenvalue weighted by atomic mass is 10.1. The molecule has 0 saturated carbocycles. The SMILES string of the molecule is CCCC(C)CNc1cccc2ccccc12. The maximum Gasteiger partial charge on any atom is 0.0419 e. The first-order chi connectivity index (χ1) is 8.31. The highest BCUT2D eigenvalue weighted by Gasteiger charge is 2.02. The average molecular weight is 227 g/mol. The number of rotatable bonds is 5. The summed E-state index contributed by atoms with van der Waals surface area (Å²) in [6.45, 7) is 5.61. The van der Waals surface area contributed by atoms with Crippen molar-refractivity contribution in [3.8, 4) is 0 Å². The van der Waals surface area contributed by atoms with Gasteiger partial charge in [-0.3, -0.25) is 0 Å². The van der Waals surface area contributed by atoms with Crippen LogP contribution in [0.3, 0.4) is 0 Å². The van der Waals surface area contributed by atoms with Gasteiger partial charge in [-0.05, 0) is 23.8 Å². The van der Waals surface area contributed by atoms with E-state index in [0.29, 0.717) is 0 Å². The summed E-state index contributed by atoms with van der Waals surface area (Å²) in [7, 11) is 0. The first-order valence-electron chi connectivity index (χ1n) is 6.53. The molecule has 0 radical (unpaired) electrons. The Balaban J connectivity index is 2.13. The molecule has 1 atom stereocenters. The molecular weight excluding hydrogens is 206 g/mol. The lowest BCUT2D eigenvalue weighted by Crippen LogP contribution is -2.11. The minimum absolute atomic E-state index is 0.735. The summed E-state index contributed by atoms with van der Waals surface area (Å²) in [6, 6.07) is 15.0. The molecule has 1 unspecified atom stereocenters. The predicted molar refractivity (Wildman–Crippen MR) is 76.5 cm³/mol. The molecule has 0 aliphatic carbocycles. The first kappa shape index (κ1) is 12.0. The number of hydrogen-bond donors (Lipinski definition) is 1. The van der Waals surface area contributed by atoms with Gasteiger partial charge in [0.15, 0.2) is 0 Å². The lowest BCUT2D eigenvalue weighted by Gasteiger charge is -2.14. The highest BCUT2D eigenvalue weighted by Crippen LogP contribution is 2.23. The van der Waals surface area contributed by atoms with E-state index in [1.54, 1.807) is 0 Å². The van der Waals surface area contributed by atoms with Gasteiger partial charge in [-0.1, -0.05) is 56.7 Å². The molecule has 17 heavy (non-hydrogen) atoms. The molecule has 0 spiro atoms. The van der Waals surface area contributed by atoms with Crippen LogP contribution in [0.15, 0.2) is 42.5 Å². The van der Waals surface area contributed by atoms with Crippen LogP contribution in [0.4, 0.5) is 5.69 Å². The van der Waals surface area contributed by atoms with E-state index in [2.05, 4.69) is 61.6 Å². The van der Waals surface area contributed by atoms with Gasteiger partial charge in [0.2, 0.25) is 0 Å². The number of anilines is 1. The zero-order valence-electron chi connectivity index (χ0n) is 10.7. The van der Waals surface area contributed by atoms with Crippen molar-refractivity contribution in [2.24, 2.45) is 5.92 Å². The topological polar surface area (TPSA) is 12.0 Å². The third-order valence-corrected chi connectivity index (χ3v) is 3.21. The van der Waals surface area contributed by atoms with Crippen molar-refractivity contribution in [3.05, 3.63) is 42.5 Å². The zero-order chi connectivity index (χ0) is 12.1. The van der Waals surface area contributed by atoms with E-state index in [9.17, 15) is 0 Å². The molecule has 0 amide bonds. The second-order valence-corrected chi connectivity index (χ2v) is 4.80. The van der Waals surface area contributed by atoms with Crippen molar-refractivity contribution >= 4 is 16.5 Å². The summed E-state index contributed by atoms with van der Waals surface area (Å²) in [5.41, 5.74) is 1.26. The monoisotopic (exact) mass is 227 g/mol. The van der Waals surface area contributed by atoms with Crippen molar-refractivity contribution in [2.75, 3.05) is 11.9 Å². The number of benzene rings is 2. The largest absolute Gasteiger partial charge is 0.384 e. The van der Waals surface area contributed by atoms with Crippen molar-refractivity contribution in [3.63, 3.8) is 0 Å². The summed E-state index contributed by atoms with van der Waals surface area (Å²) >= 11 is 0. The van der Waals surface area contributed by atoms with Crippen LogP contribution in [0, 0.1) is 5.92 Å². The van der Waals surface area contributed by atoms with E-state index in [1.807, 2.05) is 0 Å². The second-order valence-electron chi connectivity index (χ2n) is 4.80. The fourth-order valence-electron chi connectivity index (χ4n) is 2.26. The van der Waals surface area contributed by atoms with Crippen LogP contribution < -0.4 is 5.32 Å². The Morgan fingerprint density at radius 1 is 1.06 bits per heavy atom. The Morgan fingerprint density at radius 2 is 1.82 bits per heavy atom. The van der Waals surface area contributed by atoms with Crippen molar-refractivity contribution < 1.29 is 0 Å². The van der Waals surface area contributed by atoms with Crippen molar-refractivity contribution in [2.45, 2.75) is 26.7 Å². The quantitative estimate of drug-likeness (QED) is 0.781. The molecule has 2 aromatic carbocycles. The Hall–Kier alpha value is -1.50. The fourth-order valence-corrected chi connectivity index (χ4v) is 2.26. The molecule has 1 heteroatoms. The smallest absolute Gasteiger partial charge is 0.0419 e. The molecule has 0 fully saturated rings. The van der Waals surface area contributed by atoms with E-state index in [-0.39, 0.29) is 0 Å². The molecule has 2 aromatic rings. The van der Waals surface area contributed by atoms with Gasteiger partial charge in [-0.25, -0.2) is 0 Å². The summed E-state index contributed by atoms with van der Waals surface area (Å²) < 4.78 is 0. The van der Waals surface area contributed by atoms with Gasteiger partial charge in [0.05, 0.1) is 0 Å². The summed E-state index contributed by atoms with van der Waals surface area (Å²) in [4.78, 5) is 0. The molecule has 1 nitrogen and oxygen atoms in total. The Kier molecular flexibility index (Phi) is 4.03. The van der Waals surface area contributed by atoms with Gasteiger partial charge in [-0.2, -0.15) is 0 Å². The molecule has 1 N–H and O–H groups in total. The van der Waals surface area contributed by atoms with Crippen LogP contribution in [0.25, 0.3) is 10.8 Å². The number of hydrogen-bond acceptors (Lipinski definition) is 1. The molecule has 2 rings (SSSR count). The van der Waals surface area contributed by atoms with Crippen molar-refractivity contribution in [1.29, 1.82) is 0 Å². The Morgan fingerprint density at radius 3 is 2.65 bits per heavy atom. The van der Waals surface area contributed by atoms with Crippen LogP contribution in [-0.4, -0.2) is 6.54 Å². The highest BCUT2D eigenvalue weighted by molar-refractivity contribution is 5.93. The predicted octanol–water partition coefficient (Wildman–Crippen LogP) is 4.69. The minimum atomic E-state index is 0.735. The average Bonchev–Trinajstić information content (AvgIpc) is 2.36. The third-order valence-electron chi connectivity index (χ3n) is 3.21. The van der Waals surface area contributed by atoms with E-state index < -0.39 is 0 Å². The number of nitrogens with one attached hydrogen (secondary N) is 1. The lowest BCUT2D eigenvalue weighted by molar-refractivity contribution is 0.551. The van der Waals surface area contributed by atoms with Crippen LogP contribution in [0.1, 0.15) is 26.7 Å². The van der Waals surface area contributed by atoms with E-state index in [0.717, 1.165) is 12.5 Å². The molecule has 0 saturated heterocycles. The maximum atomic E-state index is 3.57. The van der Waals surface area contributed by atoms with Gasteiger partial charge < -0.3 is 5.32 Å². The summed E-state index contributed by atoms with van der Waals surface area (Å²) in [5.74, 6) is 0.735. The van der Waals surface area contributed by atoms with Gasteiger partial charge in [0.25, 0.3) is 0 Å². The third kappa shape index (κ3) is 3.00. The zero-order valence-corrected chi connectivity index (χ0v) is 10.7. The standard InChI is InChI=1S/C16H21N/c1-3-7-13(2)12-17-16-11-6-9-14-8-4-5-10-15(14)16/h4-6,8-11,13,17H,3,7,12H2,1-2H3. The van der Waals surface area contributed by atoms with Crippen LogP contribution in [-0.2, 0) is 0 Å². The highest BCUT2D eigenvalue weighted by atomic mass is 14.9. The molecule has 0 aliphatic rings. The van der Waals surface area contributed by atoms with E-state index >= 15 is 0 Å². The summed E-state index contributed by atoms with van der Waals surface area (Å²) in [6.07, 6.45) is 2.55. The first-order valence-corrected chi connectivity index (χ1v) is 6.53. The fraction of sp³-hybridized carbons (Fsp3) is 0.375.